The van der Waals surface area contributed by atoms with Crippen LogP contribution in [-0.2, 0) is 20.9 Å². The molecule has 2 heterocycles. The van der Waals surface area contributed by atoms with Crippen LogP contribution in [0.15, 0.2) is 36.0 Å². The number of amides is 4. The molecule has 1 aliphatic rings. The highest BCUT2D eigenvalue weighted by atomic mass is 16.4. The second-order valence-corrected chi connectivity index (χ2v) is 5.67. The molecule has 0 N–H and O–H groups in total. The van der Waals surface area contributed by atoms with Crippen molar-refractivity contribution in [2.24, 2.45) is 0 Å². The van der Waals surface area contributed by atoms with Gasteiger partial charge >= 0.3 is 6.03 Å². The average Bonchev–Trinajstić information content (AvgIpc) is 2.92. The monoisotopic (exact) mass is 340 g/mol. The van der Waals surface area contributed by atoms with Crippen LogP contribution in [0.3, 0.4) is 0 Å². The van der Waals surface area contributed by atoms with E-state index in [9.17, 15) is 24.3 Å². The van der Waals surface area contributed by atoms with E-state index >= 15 is 0 Å². The van der Waals surface area contributed by atoms with E-state index < -0.39 is 23.8 Å². The number of fused-ring (bicyclic) bond motifs is 1. The van der Waals surface area contributed by atoms with Crippen LogP contribution < -0.4 is 5.11 Å². The average molecular weight is 340 g/mol. The Bertz CT molecular complexity index is 930. The highest BCUT2D eigenvalue weighted by Gasteiger charge is 2.37. The first-order valence-corrected chi connectivity index (χ1v) is 7.40. The van der Waals surface area contributed by atoms with E-state index in [-0.39, 0.29) is 12.1 Å². The summed E-state index contributed by atoms with van der Waals surface area (Å²) in [5, 5.41) is 11.6. The van der Waals surface area contributed by atoms with Crippen molar-refractivity contribution in [1.29, 1.82) is 0 Å². The van der Waals surface area contributed by atoms with E-state index in [0.717, 1.165) is 9.80 Å². The Morgan fingerprint density at radius 3 is 2.28 bits per heavy atom. The van der Waals surface area contributed by atoms with Gasteiger partial charge in [0.1, 0.15) is 5.57 Å². The Labute approximate surface area is 142 Å². The van der Waals surface area contributed by atoms with Crippen molar-refractivity contribution in [3.63, 3.8) is 0 Å². The van der Waals surface area contributed by atoms with Gasteiger partial charge in [0, 0.05) is 36.8 Å². The molecule has 0 spiro atoms. The minimum atomic E-state index is -1.25. The van der Waals surface area contributed by atoms with E-state index in [4.69, 9.17) is 0 Å². The van der Waals surface area contributed by atoms with Crippen molar-refractivity contribution in [2.75, 3.05) is 14.1 Å². The number of aliphatic carboxylic acids is 1. The van der Waals surface area contributed by atoms with Crippen molar-refractivity contribution in [1.82, 2.24) is 14.4 Å². The van der Waals surface area contributed by atoms with Crippen molar-refractivity contribution in [2.45, 2.75) is 6.54 Å². The van der Waals surface area contributed by atoms with E-state index in [1.54, 1.807) is 24.3 Å². The maximum atomic E-state index is 12.3. The topological polar surface area (TPSA) is 103 Å². The summed E-state index contributed by atoms with van der Waals surface area (Å²) in [7, 11) is 2.58. The highest BCUT2D eigenvalue weighted by Crippen LogP contribution is 2.25. The van der Waals surface area contributed by atoms with Gasteiger partial charge in [0.25, 0.3) is 11.8 Å². The molecule has 3 rings (SSSR count). The molecule has 0 unspecified atom stereocenters. The van der Waals surface area contributed by atoms with Crippen LogP contribution in [0.5, 0.6) is 0 Å². The summed E-state index contributed by atoms with van der Waals surface area (Å²) >= 11 is 0. The van der Waals surface area contributed by atoms with E-state index in [0.29, 0.717) is 16.5 Å². The second kappa shape index (κ2) is 5.90. The van der Waals surface area contributed by atoms with Gasteiger partial charge < -0.3 is 14.5 Å². The van der Waals surface area contributed by atoms with E-state index in [1.165, 1.54) is 30.9 Å². The molecule has 1 aromatic heterocycles. The molecule has 0 bridgehead atoms. The van der Waals surface area contributed by atoms with Gasteiger partial charge in [0.15, 0.2) is 0 Å². The minimum absolute atomic E-state index is 0.166. The molecular weight excluding hydrogens is 326 g/mol. The lowest BCUT2D eigenvalue weighted by Gasteiger charge is -2.28. The van der Waals surface area contributed by atoms with Gasteiger partial charge in [0.05, 0.1) is 12.5 Å². The zero-order valence-electron chi connectivity index (χ0n) is 13.6. The van der Waals surface area contributed by atoms with Crippen LogP contribution in [0.2, 0.25) is 0 Å². The van der Waals surface area contributed by atoms with Gasteiger partial charge in [-0.1, -0.05) is 18.2 Å². The van der Waals surface area contributed by atoms with Crippen molar-refractivity contribution < 1.29 is 24.3 Å². The molecule has 1 saturated heterocycles. The Hall–Kier alpha value is -3.42. The number of para-hydroxylation sites is 1. The Kier molecular flexibility index (Phi) is 3.88. The van der Waals surface area contributed by atoms with Crippen molar-refractivity contribution in [3.8, 4) is 0 Å². The van der Waals surface area contributed by atoms with Crippen LogP contribution in [0.25, 0.3) is 17.0 Å². The lowest BCUT2D eigenvalue weighted by atomic mass is 10.1. The number of hydrogen-bond acceptors (Lipinski definition) is 5. The molecule has 0 radical (unpaired) electrons. The van der Waals surface area contributed by atoms with Gasteiger partial charge in [-0.15, -0.1) is 0 Å². The number of carboxylic acids is 1. The molecule has 128 valence electrons. The van der Waals surface area contributed by atoms with E-state index in [2.05, 4.69) is 0 Å². The Morgan fingerprint density at radius 2 is 1.68 bits per heavy atom. The van der Waals surface area contributed by atoms with Gasteiger partial charge in [-0.05, 0) is 12.1 Å². The van der Waals surface area contributed by atoms with Crippen molar-refractivity contribution in [3.05, 3.63) is 41.6 Å². The largest absolute Gasteiger partial charge is 0.548 e. The molecule has 0 aliphatic carbocycles. The normalized spacial score (nSPS) is 15.3. The number of carbonyl (C=O) groups is 4. The van der Waals surface area contributed by atoms with Crippen LogP contribution in [0.1, 0.15) is 5.56 Å². The molecular formula is C17H14N3O5-. The second-order valence-electron chi connectivity index (χ2n) is 5.67. The van der Waals surface area contributed by atoms with Crippen LogP contribution >= 0.6 is 0 Å². The summed E-state index contributed by atoms with van der Waals surface area (Å²) in [5.74, 6) is -2.66. The SMILES string of the molecule is CN1C(=O)C(=Cc2cn(CC(=O)[O-])c3ccccc23)C(=O)N(C)C1=O. The van der Waals surface area contributed by atoms with E-state index in [1.807, 2.05) is 0 Å². The summed E-state index contributed by atoms with van der Waals surface area (Å²) in [4.78, 5) is 49.0. The predicted octanol–water partition coefficient (Wildman–Crippen LogP) is -0.175. The van der Waals surface area contributed by atoms with Gasteiger partial charge in [0.2, 0.25) is 0 Å². The number of imide groups is 2. The quantitative estimate of drug-likeness (QED) is 0.570. The first kappa shape index (κ1) is 16.4. The third-order valence-corrected chi connectivity index (χ3v) is 4.06. The fraction of sp³-hybridized carbons (Fsp3) is 0.176. The molecule has 1 aliphatic heterocycles. The molecule has 8 nitrogen and oxygen atoms in total. The zero-order valence-corrected chi connectivity index (χ0v) is 13.6. The summed E-state index contributed by atoms with van der Waals surface area (Å²) in [6, 6.07) is 6.30. The fourth-order valence-corrected chi connectivity index (χ4v) is 2.79. The number of aromatic nitrogens is 1. The molecule has 2 aromatic rings. The maximum Gasteiger partial charge on any atom is 0.333 e. The lowest BCUT2D eigenvalue weighted by molar-refractivity contribution is -0.306. The minimum Gasteiger partial charge on any atom is -0.548 e. The first-order chi connectivity index (χ1) is 11.8. The molecule has 1 aromatic carbocycles. The number of carboxylic acid groups (broad SMARTS) is 1. The highest BCUT2D eigenvalue weighted by molar-refractivity contribution is 6.31. The standard InChI is InChI=1S/C17H15N3O5/c1-18-15(23)12(16(24)19(2)17(18)25)7-10-8-20(9-14(21)22)13-6-4-3-5-11(10)13/h3-8H,9H2,1-2H3,(H,21,22)/p-1. The van der Waals surface area contributed by atoms with Gasteiger partial charge in [-0.2, -0.15) is 0 Å². The molecule has 4 amide bonds. The third-order valence-electron chi connectivity index (χ3n) is 4.06. The van der Waals surface area contributed by atoms with Gasteiger partial charge in [-0.3, -0.25) is 19.4 Å². The van der Waals surface area contributed by atoms with Crippen LogP contribution in [-0.4, -0.2) is 52.3 Å². The summed E-state index contributed by atoms with van der Waals surface area (Å²) in [5.41, 5.74) is 0.970. The third kappa shape index (κ3) is 2.67. The Balaban J connectivity index is 2.15. The van der Waals surface area contributed by atoms with Crippen molar-refractivity contribution >= 4 is 40.8 Å². The molecule has 1 fully saturated rings. The summed E-state index contributed by atoms with van der Waals surface area (Å²) in [6.45, 7) is -0.357. The molecule has 0 saturated carbocycles. The van der Waals surface area contributed by atoms with Gasteiger partial charge in [-0.25, -0.2) is 4.79 Å². The molecule has 8 heteroatoms. The molecule has 0 atom stereocenters. The summed E-state index contributed by atoms with van der Waals surface area (Å²) < 4.78 is 1.47. The smallest absolute Gasteiger partial charge is 0.333 e. The number of nitrogens with zero attached hydrogens (tertiary/aromatic N) is 3. The maximum absolute atomic E-state index is 12.3. The molecule has 25 heavy (non-hydrogen) atoms. The number of barbiturate groups is 1. The van der Waals surface area contributed by atoms with Crippen LogP contribution in [0, 0.1) is 0 Å². The zero-order chi connectivity index (χ0) is 18.3. The number of benzene rings is 1. The number of urea groups is 1. The number of carbonyl (C=O) groups excluding carboxylic acids is 4. The predicted molar refractivity (Wildman–Crippen MR) is 85.9 cm³/mol. The number of likely N-dealkylation sites (N-methyl/N-ethyl adjacent to an activating group) is 2. The fourth-order valence-electron chi connectivity index (χ4n) is 2.79. The first-order valence-electron chi connectivity index (χ1n) is 7.40. The lowest BCUT2D eigenvalue weighted by Crippen LogP contribution is -2.52. The Morgan fingerprint density at radius 1 is 1.08 bits per heavy atom. The number of rotatable bonds is 3. The summed E-state index contributed by atoms with van der Waals surface area (Å²) in [6.07, 6.45) is 2.91. The van der Waals surface area contributed by atoms with Crippen LogP contribution in [0.4, 0.5) is 4.79 Å². The number of hydrogen-bond donors (Lipinski definition) is 0.